The lowest BCUT2D eigenvalue weighted by Crippen LogP contribution is -2.30. The van der Waals surface area contributed by atoms with Crippen molar-refractivity contribution in [2.24, 2.45) is 18.9 Å². The van der Waals surface area contributed by atoms with Crippen molar-refractivity contribution in [1.82, 2.24) is 15.1 Å². The molecule has 1 aromatic heterocycles. The van der Waals surface area contributed by atoms with E-state index in [4.69, 9.17) is 0 Å². The topological polar surface area (TPSA) is 29.9 Å². The first-order valence-electron chi connectivity index (χ1n) is 6.85. The van der Waals surface area contributed by atoms with Gasteiger partial charge in [-0.3, -0.25) is 4.68 Å². The van der Waals surface area contributed by atoms with Gasteiger partial charge in [0.25, 0.3) is 0 Å². The van der Waals surface area contributed by atoms with E-state index < -0.39 is 0 Å². The monoisotopic (exact) mass is 235 g/mol. The van der Waals surface area contributed by atoms with E-state index in [1.807, 2.05) is 0 Å². The second kappa shape index (κ2) is 5.67. The number of nitrogens with zero attached hydrogens (tertiary/aromatic N) is 2. The fourth-order valence-corrected chi connectivity index (χ4v) is 3.21. The first-order chi connectivity index (χ1) is 8.20. The Hall–Kier alpha value is -0.830. The summed E-state index contributed by atoms with van der Waals surface area (Å²) >= 11 is 0. The maximum atomic E-state index is 4.45. The summed E-state index contributed by atoms with van der Waals surface area (Å²) in [5, 5.41) is 7.80. The fourth-order valence-electron chi connectivity index (χ4n) is 3.21. The van der Waals surface area contributed by atoms with Crippen molar-refractivity contribution in [2.45, 2.75) is 39.0 Å². The van der Waals surface area contributed by atoms with Gasteiger partial charge in [0.05, 0.1) is 5.69 Å². The molecule has 96 valence electrons. The average molecular weight is 235 g/mol. The van der Waals surface area contributed by atoms with E-state index in [1.54, 1.807) is 0 Å². The Kier molecular flexibility index (Phi) is 4.21. The molecule has 2 rings (SSSR count). The molecule has 1 saturated carbocycles. The Labute approximate surface area is 105 Å². The Morgan fingerprint density at radius 3 is 2.65 bits per heavy atom. The molecule has 0 amide bonds. The molecule has 1 aliphatic carbocycles. The van der Waals surface area contributed by atoms with Gasteiger partial charge in [0.15, 0.2) is 0 Å². The van der Waals surface area contributed by atoms with E-state index in [1.165, 1.54) is 44.3 Å². The zero-order chi connectivity index (χ0) is 12.3. The van der Waals surface area contributed by atoms with Crippen LogP contribution < -0.4 is 5.32 Å². The van der Waals surface area contributed by atoms with Crippen LogP contribution in [0.1, 0.15) is 37.1 Å². The highest BCUT2D eigenvalue weighted by molar-refractivity contribution is 5.09. The molecule has 17 heavy (non-hydrogen) atoms. The normalized spacial score (nSPS) is 25.1. The van der Waals surface area contributed by atoms with Crippen molar-refractivity contribution in [3.8, 4) is 0 Å². The number of rotatable bonds is 4. The molecule has 0 spiro atoms. The van der Waals surface area contributed by atoms with Crippen molar-refractivity contribution < 1.29 is 0 Å². The van der Waals surface area contributed by atoms with Crippen LogP contribution in [0.3, 0.4) is 0 Å². The van der Waals surface area contributed by atoms with Gasteiger partial charge in [-0.2, -0.15) is 5.10 Å². The predicted molar refractivity (Wildman–Crippen MR) is 71.0 cm³/mol. The lowest BCUT2D eigenvalue weighted by Gasteiger charge is -2.31. The molecule has 1 aromatic rings. The molecule has 3 nitrogen and oxygen atoms in total. The molecule has 0 radical (unpaired) electrons. The van der Waals surface area contributed by atoms with Crippen LogP contribution >= 0.6 is 0 Å². The van der Waals surface area contributed by atoms with Crippen molar-refractivity contribution in [3.63, 3.8) is 0 Å². The van der Waals surface area contributed by atoms with Gasteiger partial charge in [0.2, 0.25) is 0 Å². The Morgan fingerprint density at radius 2 is 2.06 bits per heavy atom. The minimum atomic E-state index is 0.839. The predicted octanol–water partition coefficient (Wildman–Crippen LogP) is 2.30. The highest BCUT2D eigenvalue weighted by atomic mass is 15.3. The van der Waals surface area contributed by atoms with E-state index >= 15 is 0 Å². The number of aromatic nitrogens is 2. The molecule has 3 heteroatoms. The lowest BCUT2D eigenvalue weighted by atomic mass is 9.77. The summed E-state index contributed by atoms with van der Waals surface area (Å²) in [6.45, 7) is 3.25. The number of hydrogen-bond acceptors (Lipinski definition) is 2. The molecule has 1 heterocycles. The van der Waals surface area contributed by atoms with Gasteiger partial charge >= 0.3 is 0 Å². The largest absolute Gasteiger partial charge is 0.319 e. The fraction of sp³-hybridized carbons (Fsp3) is 0.786. The molecule has 2 unspecified atom stereocenters. The van der Waals surface area contributed by atoms with Gasteiger partial charge in [-0.15, -0.1) is 0 Å². The SMILES string of the molecule is CNCC1CCCCC1Cc1cc(C)nn1C. The van der Waals surface area contributed by atoms with Crippen LogP contribution in [0.15, 0.2) is 6.07 Å². The van der Waals surface area contributed by atoms with Crippen molar-refractivity contribution in [1.29, 1.82) is 0 Å². The highest BCUT2D eigenvalue weighted by Gasteiger charge is 2.25. The number of hydrogen-bond donors (Lipinski definition) is 1. The van der Waals surface area contributed by atoms with Crippen molar-refractivity contribution in [2.75, 3.05) is 13.6 Å². The summed E-state index contributed by atoms with van der Waals surface area (Å²) in [4.78, 5) is 0. The second-order valence-electron chi connectivity index (χ2n) is 5.47. The Morgan fingerprint density at radius 1 is 1.35 bits per heavy atom. The standard InChI is InChI=1S/C14H25N3/c1-11-8-14(17(3)16-11)9-12-6-4-5-7-13(12)10-15-2/h8,12-13,15H,4-7,9-10H2,1-3H3. The first-order valence-corrected chi connectivity index (χ1v) is 6.85. The summed E-state index contributed by atoms with van der Waals surface area (Å²) in [7, 11) is 4.14. The maximum absolute atomic E-state index is 4.45. The molecule has 2 atom stereocenters. The average Bonchev–Trinajstić information content (AvgIpc) is 2.61. The lowest BCUT2D eigenvalue weighted by molar-refractivity contribution is 0.229. The van der Waals surface area contributed by atoms with Gasteiger partial charge in [-0.1, -0.05) is 12.8 Å². The summed E-state index contributed by atoms with van der Waals surface area (Å²) in [6, 6.07) is 2.24. The van der Waals surface area contributed by atoms with Crippen LogP contribution in [0.2, 0.25) is 0 Å². The first kappa shape index (κ1) is 12.6. The minimum absolute atomic E-state index is 0.839. The highest BCUT2D eigenvalue weighted by Crippen LogP contribution is 2.32. The van der Waals surface area contributed by atoms with Crippen molar-refractivity contribution >= 4 is 0 Å². The van der Waals surface area contributed by atoms with Crippen molar-refractivity contribution in [3.05, 3.63) is 17.5 Å². The van der Waals surface area contributed by atoms with Gasteiger partial charge in [-0.05, 0) is 57.7 Å². The molecule has 0 aromatic carbocycles. The van der Waals surface area contributed by atoms with Crippen LogP contribution in [0.25, 0.3) is 0 Å². The van der Waals surface area contributed by atoms with E-state index in [0.29, 0.717) is 0 Å². The quantitative estimate of drug-likeness (QED) is 0.868. The number of aryl methyl sites for hydroxylation is 2. The molecule has 0 bridgehead atoms. The second-order valence-corrected chi connectivity index (χ2v) is 5.47. The smallest absolute Gasteiger partial charge is 0.0596 e. The molecule has 0 saturated heterocycles. The molecule has 1 fully saturated rings. The molecule has 0 aliphatic heterocycles. The summed E-state index contributed by atoms with van der Waals surface area (Å²) in [5.41, 5.74) is 2.54. The third kappa shape index (κ3) is 3.09. The summed E-state index contributed by atoms with van der Waals surface area (Å²) in [5.74, 6) is 1.69. The Balaban J connectivity index is 2.02. The number of nitrogens with one attached hydrogen (secondary N) is 1. The van der Waals surface area contributed by atoms with Crippen LogP contribution in [-0.2, 0) is 13.5 Å². The molecular weight excluding hydrogens is 210 g/mol. The maximum Gasteiger partial charge on any atom is 0.0596 e. The van der Waals surface area contributed by atoms with E-state index in [0.717, 1.165) is 17.5 Å². The van der Waals surface area contributed by atoms with E-state index in [9.17, 15) is 0 Å². The third-order valence-corrected chi connectivity index (χ3v) is 4.10. The van der Waals surface area contributed by atoms with E-state index in [2.05, 4.69) is 42.2 Å². The van der Waals surface area contributed by atoms with E-state index in [-0.39, 0.29) is 0 Å². The van der Waals surface area contributed by atoms with Gasteiger partial charge in [0.1, 0.15) is 0 Å². The van der Waals surface area contributed by atoms with Crippen LogP contribution in [0.5, 0.6) is 0 Å². The van der Waals surface area contributed by atoms with Gasteiger partial charge in [-0.25, -0.2) is 0 Å². The zero-order valence-corrected chi connectivity index (χ0v) is 11.4. The van der Waals surface area contributed by atoms with Crippen LogP contribution in [0.4, 0.5) is 0 Å². The van der Waals surface area contributed by atoms with Gasteiger partial charge in [0, 0.05) is 12.7 Å². The van der Waals surface area contributed by atoms with Crippen LogP contribution in [0, 0.1) is 18.8 Å². The minimum Gasteiger partial charge on any atom is -0.319 e. The summed E-state index contributed by atoms with van der Waals surface area (Å²) in [6.07, 6.45) is 6.79. The summed E-state index contributed by atoms with van der Waals surface area (Å²) < 4.78 is 2.06. The Bertz CT molecular complexity index is 354. The molecule has 1 N–H and O–H groups in total. The molecule has 1 aliphatic rings. The zero-order valence-electron chi connectivity index (χ0n) is 11.4. The third-order valence-electron chi connectivity index (χ3n) is 4.10. The van der Waals surface area contributed by atoms with Gasteiger partial charge < -0.3 is 5.32 Å². The molecular formula is C14H25N3. The van der Waals surface area contributed by atoms with Crippen LogP contribution in [-0.4, -0.2) is 23.4 Å².